The SMILES string of the molecule is CC(C)n1nccc1NC(=O)[C@@H](C)OC(=O)C12CC3CC(CC(C3)C1)C2. The van der Waals surface area contributed by atoms with Crippen LogP contribution in [0.5, 0.6) is 0 Å². The molecule has 0 saturated heterocycles. The van der Waals surface area contributed by atoms with Crippen molar-refractivity contribution in [1.82, 2.24) is 9.78 Å². The number of carbonyl (C=O) groups excluding carboxylic acids is 2. The average molecular weight is 359 g/mol. The normalized spacial score (nSPS) is 33.3. The maximum Gasteiger partial charge on any atom is 0.312 e. The largest absolute Gasteiger partial charge is 0.452 e. The Balaban J connectivity index is 1.40. The van der Waals surface area contributed by atoms with Crippen LogP contribution >= 0.6 is 0 Å². The molecule has 4 aliphatic carbocycles. The van der Waals surface area contributed by atoms with Crippen molar-refractivity contribution in [3.63, 3.8) is 0 Å². The summed E-state index contributed by atoms with van der Waals surface area (Å²) in [5, 5.41) is 7.05. The minimum atomic E-state index is -0.800. The Bertz CT molecular complexity index is 674. The summed E-state index contributed by atoms with van der Waals surface area (Å²) in [5.41, 5.74) is -0.330. The van der Waals surface area contributed by atoms with Gasteiger partial charge in [0.25, 0.3) is 5.91 Å². The van der Waals surface area contributed by atoms with Crippen LogP contribution < -0.4 is 5.32 Å². The number of nitrogens with zero attached hydrogens (tertiary/aromatic N) is 2. The van der Waals surface area contributed by atoms with Crippen molar-refractivity contribution in [3.8, 4) is 0 Å². The van der Waals surface area contributed by atoms with Crippen molar-refractivity contribution in [3.05, 3.63) is 12.3 Å². The first-order valence-corrected chi connectivity index (χ1v) is 9.92. The lowest BCUT2D eigenvalue weighted by atomic mass is 9.49. The highest BCUT2D eigenvalue weighted by molar-refractivity contribution is 5.94. The molecule has 0 spiro atoms. The average Bonchev–Trinajstić information content (AvgIpc) is 3.01. The van der Waals surface area contributed by atoms with Crippen molar-refractivity contribution >= 4 is 17.7 Å². The van der Waals surface area contributed by atoms with Crippen LogP contribution in [0, 0.1) is 23.2 Å². The summed E-state index contributed by atoms with van der Waals surface area (Å²) < 4.78 is 7.41. The highest BCUT2D eigenvalue weighted by Gasteiger charge is 2.55. The van der Waals surface area contributed by atoms with E-state index in [0.29, 0.717) is 23.6 Å². The van der Waals surface area contributed by atoms with Crippen molar-refractivity contribution in [2.75, 3.05) is 5.32 Å². The molecule has 4 fully saturated rings. The number of carbonyl (C=O) groups is 2. The molecule has 4 saturated carbocycles. The molecule has 142 valence electrons. The summed E-state index contributed by atoms with van der Waals surface area (Å²) >= 11 is 0. The zero-order valence-electron chi connectivity index (χ0n) is 15.9. The third-order valence-corrected chi connectivity index (χ3v) is 6.53. The van der Waals surface area contributed by atoms with Crippen molar-refractivity contribution in [2.24, 2.45) is 23.2 Å². The molecule has 1 aromatic rings. The van der Waals surface area contributed by atoms with E-state index in [1.54, 1.807) is 23.9 Å². The summed E-state index contributed by atoms with van der Waals surface area (Å²) in [6, 6.07) is 1.90. The number of anilines is 1. The number of rotatable bonds is 5. The monoisotopic (exact) mass is 359 g/mol. The van der Waals surface area contributed by atoms with Gasteiger partial charge in [-0.3, -0.25) is 9.59 Å². The second kappa shape index (κ2) is 6.39. The lowest BCUT2D eigenvalue weighted by molar-refractivity contribution is -0.177. The molecule has 6 heteroatoms. The summed E-state index contributed by atoms with van der Waals surface area (Å²) in [5.74, 6) is 2.21. The maximum atomic E-state index is 13.0. The van der Waals surface area contributed by atoms with E-state index in [1.165, 1.54) is 19.3 Å². The molecule has 0 aromatic carbocycles. The highest BCUT2D eigenvalue weighted by atomic mass is 16.5. The molecule has 1 atom stereocenters. The van der Waals surface area contributed by atoms with Crippen LogP contribution in [0.3, 0.4) is 0 Å². The van der Waals surface area contributed by atoms with Gasteiger partial charge < -0.3 is 10.1 Å². The first-order chi connectivity index (χ1) is 12.4. The van der Waals surface area contributed by atoms with Gasteiger partial charge in [-0.1, -0.05) is 0 Å². The van der Waals surface area contributed by atoms with Gasteiger partial charge in [0.15, 0.2) is 6.10 Å². The second-order valence-corrected chi connectivity index (χ2v) is 8.99. The van der Waals surface area contributed by atoms with Crippen LogP contribution in [0.4, 0.5) is 5.82 Å². The predicted octanol–water partition coefficient (Wildman–Crippen LogP) is 3.55. The molecular formula is C20H29N3O3. The summed E-state index contributed by atoms with van der Waals surface area (Å²) in [6.07, 6.45) is 7.55. The highest BCUT2D eigenvalue weighted by Crippen LogP contribution is 2.60. The first kappa shape index (κ1) is 17.6. The molecule has 26 heavy (non-hydrogen) atoms. The molecule has 4 bridgehead atoms. The number of hydrogen-bond acceptors (Lipinski definition) is 4. The molecule has 1 aromatic heterocycles. The van der Waals surface area contributed by atoms with Crippen LogP contribution in [-0.2, 0) is 14.3 Å². The molecule has 5 rings (SSSR count). The van der Waals surface area contributed by atoms with Gasteiger partial charge in [-0.05, 0) is 77.0 Å². The Labute approximate surface area is 154 Å². The Kier molecular flexibility index (Phi) is 4.32. The smallest absolute Gasteiger partial charge is 0.312 e. The van der Waals surface area contributed by atoms with E-state index >= 15 is 0 Å². The maximum absolute atomic E-state index is 13.0. The summed E-state index contributed by atoms with van der Waals surface area (Å²) in [7, 11) is 0. The fraction of sp³-hybridized carbons (Fsp3) is 0.750. The molecule has 6 nitrogen and oxygen atoms in total. The summed E-state index contributed by atoms with van der Waals surface area (Å²) in [4.78, 5) is 25.5. The number of nitrogens with one attached hydrogen (secondary N) is 1. The molecule has 0 radical (unpaired) electrons. The Hall–Kier alpha value is -1.85. The number of aromatic nitrogens is 2. The Morgan fingerprint density at radius 1 is 1.15 bits per heavy atom. The van der Waals surface area contributed by atoms with Gasteiger partial charge in [-0.25, -0.2) is 4.68 Å². The number of esters is 1. The van der Waals surface area contributed by atoms with E-state index < -0.39 is 6.10 Å². The Morgan fingerprint density at radius 3 is 2.27 bits per heavy atom. The van der Waals surface area contributed by atoms with E-state index in [-0.39, 0.29) is 23.3 Å². The third-order valence-electron chi connectivity index (χ3n) is 6.53. The van der Waals surface area contributed by atoms with Crippen molar-refractivity contribution < 1.29 is 14.3 Å². The van der Waals surface area contributed by atoms with E-state index in [1.807, 2.05) is 13.8 Å². The van der Waals surface area contributed by atoms with E-state index in [2.05, 4.69) is 10.4 Å². The quantitative estimate of drug-likeness (QED) is 0.816. The molecular weight excluding hydrogens is 330 g/mol. The zero-order chi connectivity index (χ0) is 18.5. The first-order valence-electron chi connectivity index (χ1n) is 9.92. The fourth-order valence-electron chi connectivity index (χ4n) is 5.75. The lowest BCUT2D eigenvalue weighted by Crippen LogP contribution is -2.51. The third kappa shape index (κ3) is 3.03. The van der Waals surface area contributed by atoms with Gasteiger partial charge in [-0.2, -0.15) is 5.10 Å². The van der Waals surface area contributed by atoms with E-state index in [9.17, 15) is 9.59 Å². The topological polar surface area (TPSA) is 73.2 Å². The molecule has 1 N–H and O–H groups in total. The van der Waals surface area contributed by atoms with Crippen molar-refractivity contribution in [1.29, 1.82) is 0 Å². The fourth-order valence-corrected chi connectivity index (χ4v) is 5.75. The molecule has 0 aliphatic heterocycles. The number of hydrogen-bond donors (Lipinski definition) is 1. The second-order valence-electron chi connectivity index (χ2n) is 8.99. The van der Waals surface area contributed by atoms with Crippen LogP contribution in [0.2, 0.25) is 0 Å². The summed E-state index contributed by atoms with van der Waals surface area (Å²) in [6.45, 7) is 5.65. The van der Waals surface area contributed by atoms with Gasteiger partial charge in [0.2, 0.25) is 0 Å². The van der Waals surface area contributed by atoms with Gasteiger partial charge in [0.1, 0.15) is 5.82 Å². The minimum Gasteiger partial charge on any atom is -0.452 e. The molecule has 0 unspecified atom stereocenters. The number of amides is 1. The Morgan fingerprint density at radius 2 is 1.73 bits per heavy atom. The molecule has 1 heterocycles. The number of ether oxygens (including phenoxy) is 1. The van der Waals surface area contributed by atoms with Gasteiger partial charge >= 0.3 is 5.97 Å². The molecule has 1 amide bonds. The van der Waals surface area contributed by atoms with E-state index in [0.717, 1.165) is 19.3 Å². The lowest BCUT2D eigenvalue weighted by Gasteiger charge is -2.55. The van der Waals surface area contributed by atoms with E-state index in [4.69, 9.17) is 4.74 Å². The van der Waals surface area contributed by atoms with Gasteiger partial charge in [-0.15, -0.1) is 0 Å². The minimum absolute atomic E-state index is 0.144. The van der Waals surface area contributed by atoms with Crippen LogP contribution in [0.25, 0.3) is 0 Å². The van der Waals surface area contributed by atoms with Gasteiger partial charge in [0, 0.05) is 12.1 Å². The van der Waals surface area contributed by atoms with Crippen LogP contribution in [0.1, 0.15) is 65.3 Å². The van der Waals surface area contributed by atoms with Crippen molar-refractivity contribution in [2.45, 2.75) is 71.4 Å². The zero-order valence-corrected chi connectivity index (χ0v) is 15.9. The predicted molar refractivity (Wildman–Crippen MR) is 97.4 cm³/mol. The van der Waals surface area contributed by atoms with Crippen LogP contribution in [0.15, 0.2) is 12.3 Å². The standard InChI is InChI=1S/C20H29N3O3/c1-12(2)23-17(4-5-21-23)22-18(24)13(3)26-19(25)20-9-14-6-15(10-20)8-16(7-14)11-20/h4-5,12-16H,6-11H2,1-3H3,(H,22,24)/t13-,14?,15?,16?,20?/m1/s1. The molecule has 4 aliphatic rings. The van der Waals surface area contributed by atoms with Gasteiger partial charge in [0.05, 0.1) is 11.6 Å². The van der Waals surface area contributed by atoms with Crippen LogP contribution in [-0.4, -0.2) is 27.8 Å².